The van der Waals surface area contributed by atoms with Gasteiger partial charge in [0.05, 0.1) is 5.56 Å². The average molecular weight is 194 g/mol. The molecule has 0 N–H and O–H groups in total. The molecule has 0 bridgehead atoms. The fourth-order valence-corrected chi connectivity index (χ4v) is 1.07. The molecule has 1 nitrogen and oxygen atoms in total. The lowest BCUT2D eigenvalue weighted by Gasteiger charge is -2.01. The molecule has 0 radical (unpaired) electrons. The summed E-state index contributed by atoms with van der Waals surface area (Å²) in [7, 11) is 0. The zero-order valence-corrected chi connectivity index (χ0v) is 7.39. The minimum Gasteiger partial charge on any atom is -0.294 e. The Labute approximate surface area is 80.7 Å². The topological polar surface area (TPSA) is 17.1 Å². The molecule has 3 heteroatoms. The quantitative estimate of drug-likeness (QED) is 0.533. The first-order valence-electron chi connectivity index (χ1n) is 4.07. The van der Waals surface area contributed by atoms with Crippen LogP contribution in [-0.2, 0) is 0 Å². The summed E-state index contributed by atoms with van der Waals surface area (Å²) in [5.74, 6) is -0.0385. The highest BCUT2D eigenvalue weighted by molar-refractivity contribution is 5.96. The van der Waals surface area contributed by atoms with Crippen LogP contribution in [0.15, 0.2) is 18.2 Å². The lowest BCUT2D eigenvalue weighted by Crippen LogP contribution is -2.05. The van der Waals surface area contributed by atoms with Crippen molar-refractivity contribution in [3.05, 3.63) is 35.4 Å². The van der Waals surface area contributed by atoms with Crippen LogP contribution in [0.1, 0.15) is 23.2 Å². The first kappa shape index (κ1) is 10.4. The van der Waals surface area contributed by atoms with Crippen LogP contribution in [0.5, 0.6) is 0 Å². The van der Waals surface area contributed by atoms with Crippen molar-refractivity contribution < 1.29 is 13.6 Å². The molecule has 1 rings (SSSR count). The number of halogens is 2. The molecular formula is C11H8F2O. The van der Waals surface area contributed by atoms with Crippen LogP contribution in [-0.4, -0.2) is 5.78 Å². The van der Waals surface area contributed by atoms with Crippen LogP contribution in [0.3, 0.4) is 0 Å². The zero-order valence-electron chi connectivity index (χ0n) is 7.39. The van der Waals surface area contributed by atoms with Gasteiger partial charge in [0.2, 0.25) is 0 Å². The van der Waals surface area contributed by atoms with E-state index in [0.717, 1.165) is 12.1 Å². The van der Waals surface area contributed by atoms with Gasteiger partial charge in [-0.2, -0.15) is 0 Å². The van der Waals surface area contributed by atoms with E-state index in [0.29, 0.717) is 0 Å². The van der Waals surface area contributed by atoms with E-state index in [-0.39, 0.29) is 12.8 Å². The first-order chi connectivity index (χ1) is 6.66. The van der Waals surface area contributed by atoms with Crippen LogP contribution in [0.4, 0.5) is 8.78 Å². The second kappa shape index (κ2) is 4.52. The third-order valence-electron chi connectivity index (χ3n) is 1.74. The maximum atomic E-state index is 13.0. The lowest BCUT2D eigenvalue weighted by atomic mass is 10.1. The Morgan fingerprint density at radius 3 is 2.43 bits per heavy atom. The molecule has 72 valence electrons. The van der Waals surface area contributed by atoms with Crippen molar-refractivity contribution in [3.8, 4) is 12.3 Å². The minimum absolute atomic E-state index is 0.0334. The molecule has 0 heterocycles. The third kappa shape index (κ3) is 2.17. The van der Waals surface area contributed by atoms with E-state index in [2.05, 4.69) is 5.92 Å². The molecule has 0 aromatic heterocycles. The Morgan fingerprint density at radius 2 is 1.93 bits per heavy atom. The van der Waals surface area contributed by atoms with Gasteiger partial charge in [0, 0.05) is 12.8 Å². The maximum absolute atomic E-state index is 13.0. The van der Waals surface area contributed by atoms with Crippen molar-refractivity contribution in [3.63, 3.8) is 0 Å². The predicted octanol–water partition coefficient (Wildman–Crippen LogP) is 2.56. The third-order valence-corrected chi connectivity index (χ3v) is 1.74. The Morgan fingerprint density at radius 1 is 1.36 bits per heavy atom. The standard InChI is InChI=1S/C11H8F2O/c1-2-3-7-10(14)11-8(12)5-4-6-9(11)13/h1,4-6H,3,7H2. The van der Waals surface area contributed by atoms with Crippen molar-refractivity contribution in [2.24, 2.45) is 0 Å². The summed E-state index contributed by atoms with van der Waals surface area (Å²) in [6.45, 7) is 0. The number of rotatable bonds is 3. The van der Waals surface area contributed by atoms with E-state index in [1.165, 1.54) is 6.07 Å². The molecule has 1 aromatic carbocycles. The normalized spacial score (nSPS) is 9.50. The number of hydrogen-bond acceptors (Lipinski definition) is 1. The molecule has 0 aliphatic heterocycles. The summed E-state index contributed by atoms with van der Waals surface area (Å²) in [4.78, 5) is 11.3. The van der Waals surface area contributed by atoms with Gasteiger partial charge in [0.1, 0.15) is 11.6 Å². The van der Waals surface area contributed by atoms with Crippen LogP contribution in [0.2, 0.25) is 0 Å². The largest absolute Gasteiger partial charge is 0.294 e. The number of benzene rings is 1. The highest BCUT2D eigenvalue weighted by Gasteiger charge is 2.15. The number of carbonyl (C=O) groups is 1. The monoisotopic (exact) mass is 194 g/mol. The molecule has 0 saturated carbocycles. The lowest BCUT2D eigenvalue weighted by molar-refractivity contribution is 0.0976. The van der Waals surface area contributed by atoms with Gasteiger partial charge in [-0.25, -0.2) is 8.78 Å². The maximum Gasteiger partial charge on any atom is 0.169 e. The van der Waals surface area contributed by atoms with Crippen LogP contribution >= 0.6 is 0 Å². The highest BCUT2D eigenvalue weighted by Crippen LogP contribution is 2.14. The summed E-state index contributed by atoms with van der Waals surface area (Å²) < 4.78 is 26.0. The van der Waals surface area contributed by atoms with Crippen molar-refractivity contribution in [2.45, 2.75) is 12.8 Å². The van der Waals surface area contributed by atoms with Gasteiger partial charge < -0.3 is 0 Å². The Hall–Kier alpha value is -1.69. The molecule has 1 aromatic rings. The molecule has 0 unspecified atom stereocenters. The molecule has 0 amide bonds. The highest BCUT2D eigenvalue weighted by atomic mass is 19.1. The van der Waals surface area contributed by atoms with Crippen molar-refractivity contribution >= 4 is 5.78 Å². The van der Waals surface area contributed by atoms with Crippen LogP contribution in [0.25, 0.3) is 0 Å². The molecular weight excluding hydrogens is 186 g/mol. The van der Waals surface area contributed by atoms with E-state index in [1.54, 1.807) is 0 Å². The predicted molar refractivity (Wildman–Crippen MR) is 48.8 cm³/mol. The Bertz CT molecular complexity index is 371. The Balaban J connectivity index is 2.95. The minimum atomic E-state index is -0.841. The van der Waals surface area contributed by atoms with E-state index in [4.69, 9.17) is 6.42 Å². The second-order valence-electron chi connectivity index (χ2n) is 2.72. The summed E-state index contributed by atoms with van der Waals surface area (Å²) in [6.07, 6.45) is 5.10. The van der Waals surface area contributed by atoms with Gasteiger partial charge in [-0.3, -0.25) is 4.79 Å². The number of carbonyl (C=O) groups excluding carboxylic acids is 1. The van der Waals surface area contributed by atoms with E-state index in [1.807, 2.05) is 0 Å². The van der Waals surface area contributed by atoms with E-state index >= 15 is 0 Å². The first-order valence-corrected chi connectivity index (χ1v) is 4.07. The molecule has 0 aliphatic carbocycles. The second-order valence-corrected chi connectivity index (χ2v) is 2.72. The molecule has 0 fully saturated rings. The zero-order chi connectivity index (χ0) is 10.6. The van der Waals surface area contributed by atoms with Gasteiger partial charge in [0.25, 0.3) is 0 Å². The van der Waals surface area contributed by atoms with E-state index in [9.17, 15) is 13.6 Å². The molecule has 0 saturated heterocycles. The number of hydrogen-bond donors (Lipinski definition) is 0. The summed E-state index contributed by atoms with van der Waals surface area (Å²) in [6, 6.07) is 3.31. The van der Waals surface area contributed by atoms with Gasteiger partial charge in [-0.1, -0.05) is 6.07 Å². The van der Waals surface area contributed by atoms with Crippen LogP contribution in [0, 0.1) is 24.0 Å². The van der Waals surface area contributed by atoms with E-state index < -0.39 is 23.0 Å². The summed E-state index contributed by atoms with van der Waals surface area (Å²) in [5.41, 5.74) is -0.497. The Kier molecular flexibility index (Phi) is 3.35. The van der Waals surface area contributed by atoms with Crippen molar-refractivity contribution in [2.75, 3.05) is 0 Å². The smallest absolute Gasteiger partial charge is 0.169 e. The van der Waals surface area contributed by atoms with Gasteiger partial charge in [0.15, 0.2) is 5.78 Å². The fraction of sp³-hybridized carbons (Fsp3) is 0.182. The number of terminal acetylenes is 1. The van der Waals surface area contributed by atoms with Gasteiger partial charge in [-0.05, 0) is 12.1 Å². The summed E-state index contributed by atoms with van der Waals surface area (Å²) in [5, 5.41) is 0. The SMILES string of the molecule is C#CCCC(=O)c1c(F)cccc1F. The van der Waals surface area contributed by atoms with Gasteiger partial charge >= 0.3 is 0 Å². The molecule has 0 aliphatic rings. The molecule has 14 heavy (non-hydrogen) atoms. The fourth-order valence-electron chi connectivity index (χ4n) is 1.07. The molecule has 0 spiro atoms. The number of ketones is 1. The number of Topliss-reactive ketones (excluding diaryl/α,β-unsaturated/α-hetero) is 1. The average Bonchev–Trinajstić information content (AvgIpc) is 2.14. The van der Waals surface area contributed by atoms with Crippen molar-refractivity contribution in [1.29, 1.82) is 0 Å². The van der Waals surface area contributed by atoms with Gasteiger partial charge in [-0.15, -0.1) is 12.3 Å². The molecule has 0 atom stereocenters. The summed E-state index contributed by atoms with van der Waals surface area (Å²) >= 11 is 0. The van der Waals surface area contributed by atoms with Crippen LogP contribution < -0.4 is 0 Å². The van der Waals surface area contributed by atoms with Crippen molar-refractivity contribution in [1.82, 2.24) is 0 Å².